The number of carbonyl (C=O) groups is 1. The molecule has 1 aromatic carbocycles. The highest BCUT2D eigenvalue weighted by Crippen LogP contribution is 2.34. The molecule has 168 valence electrons. The fourth-order valence-electron chi connectivity index (χ4n) is 5.11. The molecule has 31 heavy (non-hydrogen) atoms. The molecule has 2 aromatic rings. The van der Waals surface area contributed by atoms with E-state index in [2.05, 4.69) is 17.1 Å². The number of hydrogen-bond acceptors (Lipinski definition) is 4. The van der Waals surface area contributed by atoms with E-state index in [1.165, 1.54) is 44.2 Å². The Kier molecular flexibility index (Phi) is 7.36. The monoisotopic (exact) mass is 427 g/mol. The van der Waals surface area contributed by atoms with E-state index < -0.39 is 0 Å². The molecule has 6 heteroatoms. The lowest BCUT2D eigenvalue weighted by Crippen LogP contribution is -2.43. The van der Waals surface area contributed by atoms with Gasteiger partial charge in [-0.15, -0.1) is 10.2 Å². The van der Waals surface area contributed by atoms with Gasteiger partial charge in [-0.1, -0.05) is 38.3 Å². The molecule has 4 rings (SSSR count). The number of amides is 1. The van der Waals surface area contributed by atoms with E-state index in [9.17, 15) is 9.18 Å². The van der Waals surface area contributed by atoms with Crippen molar-refractivity contribution in [2.24, 2.45) is 11.8 Å². The van der Waals surface area contributed by atoms with Crippen LogP contribution in [0.1, 0.15) is 88.0 Å². The van der Waals surface area contributed by atoms with Gasteiger partial charge in [-0.05, 0) is 62.1 Å². The quantitative estimate of drug-likeness (QED) is 0.585. The molecule has 1 saturated carbocycles. The average molecular weight is 428 g/mol. The first-order valence-electron chi connectivity index (χ1n) is 12.0. The van der Waals surface area contributed by atoms with E-state index in [4.69, 9.17) is 4.42 Å². The molecule has 1 unspecified atom stereocenters. The number of rotatable bonds is 7. The van der Waals surface area contributed by atoms with Crippen LogP contribution in [0.5, 0.6) is 0 Å². The molecule has 1 amide bonds. The fraction of sp³-hybridized carbons (Fsp3) is 0.640. The summed E-state index contributed by atoms with van der Waals surface area (Å²) in [5.41, 5.74) is 0.937. The first-order valence-corrected chi connectivity index (χ1v) is 12.0. The summed E-state index contributed by atoms with van der Waals surface area (Å²) >= 11 is 0. The van der Waals surface area contributed by atoms with Crippen molar-refractivity contribution < 1.29 is 13.6 Å². The van der Waals surface area contributed by atoms with Crippen LogP contribution in [0.3, 0.4) is 0 Å². The lowest BCUT2D eigenvalue weighted by atomic mass is 9.79. The van der Waals surface area contributed by atoms with Crippen molar-refractivity contribution >= 4 is 5.91 Å². The maximum absolute atomic E-state index is 13.2. The van der Waals surface area contributed by atoms with Crippen molar-refractivity contribution in [2.75, 3.05) is 13.1 Å². The van der Waals surface area contributed by atoms with Crippen molar-refractivity contribution in [3.05, 3.63) is 47.4 Å². The summed E-state index contributed by atoms with van der Waals surface area (Å²) in [7, 11) is 0. The van der Waals surface area contributed by atoms with Crippen molar-refractivity contribution in [1.29, 1.82) is 0 Å². The Morgan fingerprint density at radius 2 is 1.90 bits per heavy atom. The van der Waals surface area contributed by atoms with Gasteiger partial charge in [0.25, 0.3) is 0 Å². The van der Waals surface area contributed by atoms with E-state index in [1.807, 2.05) is 4.90 Å². The van der Waals surface area contributed by atoms with Gasteiger partial charge < -0.3 is 9.32 Å². The Balaban J connectivity index is 1.31. The summed E-state index contributed by atoms with van der Waals surface area (Å²) in [5.74, 6) is 2.34. The van der Waals surface area contributed by atoms with Crippen LogP contribution in [0.25, 0.3) is 0 Å². The zero-order valence-electron chi connectivity index (χ0n) is 18.6. The number of piperidine rings is 1. The van der Waals surface area contributed by atoms with Gasteiger partial charge in [0, 0.05) is 19.0 Å². The predicted molar refractivity (Wildman–Crippen MR) is 117 cm³/mol. The van der Waals surface area contributed by atoms with Crippen molar-refractivity contribution in [3.63, 3.8) is 0 Å². The summed E-state index contributed by atoms with van der Waals surface area (Å²) in [4.78, 5) is 15.2. The third-order valence-corrected chi connectivity index (χ3v) is 7.00. The largest absolute Gasteiger partial charge is 0.425 e. The molecule has 0 N–H and O–H groups in total. The zero-order chi connectivity index (χ0) is 21.6. The first-order chi connectivity index (χ1) is 15.1. The van der Waals surface area contributed by atoms with Gasteiger partial charge in [0.2, 0.25) is 17.7 Å². The molecule has 2 aliphatic rings. The standard InChI is InChI=1S/C25H34FN3O2/c1-2-3-5-18-7-11-20(12-8-18)25(30)29-15-4-6-21(17-29)24-28-27-23(31-24)16-19-9-13-22(26)14-10-19/h9-10,13-14,18,20-21H,2-8,11-12,15-17H2,1H3. The maximum Gasteiger partial charge on any atom is 0.225 e. The number of benzene rings is 1. The van der Waals surface area contributed by atoms with Crippen LogP contribution in [0.15, 0.2) is 28.7 Å². The number of carbonyl (C=O) groups excluding carboxylic acids is 1. The number of aromatic nitrogens is 2. The molecular formula is C25H34FN3O2. The molecular weight excluding hydrogens is 393 g/mol. The Hall–Kier alpha value is -2.24. The van der Waals surface area contributed by atoms with Crippen LogP contribution in [0.4, 0.5) is 4.39 Å². The van der Waals surface area contributed by atoms with Crippen LogP contribution < -0.4 is 0 Å². The van der Waals surface area contributed by atoms with E-state index in [0.29, 0.717) is 30.7 Å². The number of hydrogen-bond donors (Lipinski definition) is 0. The Labute approximate surface area is 184 Å². The number of unbranched alkanes of at least 4 members (excludes halogenated alkanes) is 1. The van der Waals surface area contributed by atoms with Gasteiger partial charge in [0.1, 0.15) is 5.82 Å². The van der Waals surface area contributed by atoms with Crippen LogP contribution in [0, 0.1) is 17.7 Å². The highest BCUT2D eigenvalue weighted by atomic mass is 19.1. The third kappa shape index (κ3) is 5.72. The van der Waals surface area contributed by atoms with Crippen molar-refractivity contribution in [1.82, 2.24) is 15.1 Å². The molecule has 1 atom stereocenters. The third-order valence-electron chi connectivity index (χ3n) is 7.00. The predicted octanol–water partition coefficient (Wildman–Crippen LogP) is 5.50. The van der Waals surface area contributed by atoms with Gasteiger partial charge in [-0.3, -0.25) is 4.79 Å². The first kappa shape index (κ1) is 22.0. The number of halogens is 1. The molecule has 1 aliphatic heterocycles. The van der Waals surface area contributed by atoms with Crippen molar-refractivity contribution in [3.8, 4) is 0 Å². The highest BCUT2D eigenvalue weighted by Gasteiger charge is 2.33. The van der Waals surface area contributed by atoms with Crippen LogP contribution in [0.2, 0.25) is 0 Å². The number of nitrogens with zero attached hydrogens (tertiary/aromatic N) is 3. The van der Waals surface area contributed by atoms with E-state index in [1.54, 1.807) is 12.1 Å². The fourth-order valence-corrected chi connectivity index (χ4v) is 5.11. The van der Waals surface area contributed by atoms with Crippen molar-refractivity contribution in [2.45, 2.75) is 77.0 Å². The van der Waals surface area contributed by atoms with Crippen LogP contribution in [-0.4, -0.2) is 34.1 Å². The highest BCUT2D eigenvalue weighted by molar-refractivity contribution is 5.79. The minimum absolute atomic E-state index is 0.105. The second-order valence-electron chi connectivity index (χ2n) is 9.32. The second-order valence-corrected chi connectivity index (χ2v) is 9.32. The summed E-state index contributed by atoms with van der Waals surface area (Å²) in [5, 5.41) is 8.46. The summed E-state index contributed by atoms with van der Waals surface area (Å²) in [6, 6.07) is 6.34. The van der Waals surface area contributed by atoms with Crippen LogP contribution in [-0.2, 0) is 11.2 Å². The zero-order valence-corrected chi connectivity index (χ0v) is 18.6. The van der Waals surface area contributed by atoms with Gasteiger partial charge in [0.05, 0.1) is 12.3 Å². The van der Waals surface area contributed by atoms with Gasteiger partial charge >= 0.3 is 0 Å². The molecule has 0 bridgehead atoms. The Bertz CT molecular complexity index is 843. The smallest absolute Gasteiger partial charge is 0.225 e. The Morgan fingerprint density at radius 1 is 1.13 bits per heavy atom. The maximum atomic E-state index is 13.2. The molecule has 0 radical (unpaired) electrons. The number of likely N-dealkylation sites (tertiary alicyclic amines) is 1. The van der Waals surface area contributed by atoms with E-state index >= 15 is 0 Å². The summed E-state index contributed by atoms with van der Waals surface area (Å²) in [6.45, 7) is 3.76. The Morgan fingerprint density at radius 3 is 2.65 bits per heavy atom. The van der Waals surface area contributed by atoms with Gasteiger partial charge in [-0.25, -0.2) is 4.39 Å². The molecule has 2 heterocycles. The normalized spacial score (nSPS) is 24.3. The lowest BCUT2D eigenvalue weighted by Gasteiger charge is -2.36. The molecule has 1 saturated heterocycles. The molecule has 2 fully saturated rings. The SMILES string of the molecule is CCCCC1CCC(C(=O)N2CCCC(c3nnc(Cc4ccc(F)cc4)o3)C2)CC1. The molecule has 1 aliphatic carbocycles. The molecule has 5 nitrogen and oxygen atoms in total. The van der Waals surface area contributed by atoms with Gasteiger partial charge in [0.15, 0.2) is 0 Å². The topological polar surface area (TPSA) is 59.2 Å². The summed E-state index contributed by atoms with van der Waals surface area (Å²) in [6.07, 6.45) is 10.8. The second kappa shape index (κ2) is 10.4. The van der Waals surface area contributed by atoms with Crippen LogP contribution >= 0.6 is 0 Å². The minimum atomic E-state index is -0.253. The van der Waals surface area contributed by atoms with E-state index in [-0.39, 0.29) is 17.7 Å². The average Bonchev–Trinajstić information content (AvgIpc) is 3.28. The van der Waals surface area contributed by atoms with E-state index in [0.717, 1.165) is 43.7 Å². The summed E-state index contributed by atoms with van der Waals surface area (Å²) < 4.78 is 19.0. The van der Waals surface area contributed by atoms with Gasteiger partial charge in [-0.2, -0.15) is 0 Å². The lowest BCUT2D eigenvalue weighted by molar-refractivity contribution is -0.138. The molecule has 1 aromatic heterocycles. The molecule has 0 spiro atoms. The minimum Gasteiger partial charge on any atom is -0.425 e.